The highest BCUT2D eigenvalue weighted by Gasteiger charge is 2.51. The number of hydrogen-bond donors (Lipinski definition) is 0. The SMILES string of the molecule is N#CC1CCCN1C(=O)c1cc(C2CC2)c(OCC23CC4CC(CC(C4)C2)C3)cc1F. The van der Waals surface area contributed by atoms with Gasteiger partial charge in [-0.05, 0) is 99.5 Å². The molecular weight excluding hydrogens is 391 g/mol. The number of nitriles is 1. The number of ether oxygens (including phenoxy) is 1. The predicted molar refractivity (Wildman–Crippen MR) is 114 cm³/mol. The number of halogens is 1. The Morgan fingerprint density at radius 2 is 1.81 bits per heavy atom. The second kappa shape index (κ2) is 7.22. The number of benzene rings is 1. The average molecular weight is 423 g/mol. The Morgan fingerprint density at radius 3 is 2.42 bits per heavy atom. The van der Waals surface area contributed by atoms with Crippen LogP contribution in [0.2, 0.25) is 0 Å². The van der Waals surface area contributed by atoms with Crippen LogP contribution in [-0.2, 0) is 0 Å². The van der Waals surface area contributed by atoms with E-state index in [1.165, 1.54) is 49.5 Å². The second-order valence-electron chi connectivity index (χ2n) is 11.1. The third-order valence-electron chi connectivity index (χ3n) is 8.71. The molecule has 5 saturated carbocycles. The standard InChI is InChI=1S/C26H31FN2O2/c27-23-10-24(31-15-26-11-16-6-17(12-26)8-18(7-16)13-26)21(19-3-4-19)9-22(23)25(30)29-5-1-2-20(29)14-28/h9-10,16-20H,1-8,11-13,15H2. The van der Waals surface area contributed by atoms with Crippen LogP contribution in [0, 0.1) is 40.3 Å². The van der Waals surface area contributed by atoms with Crippen molar-refractivity contribution < 1.29 is 13.9 Å². The summed E-state index contributed by atoms with van der Waals surface area (Å²) in [5.41, 5.74) is 1.37. The van der Waals surface area contributed by atoms with Crippen molar-refractivity contribution in [1.82, 2.24) is 4.90 Å². The van der Waals surface area contributed by atoms with E-state index in [0.29, 0.717) is 31.2 Å². The van der Waals surface area contributed by atoms with Crippen LogP contribution in [0.4, 0.5) is 4.39 Å². The minimum absolute atomic E-state index is 0.103. The van der Waals surface area contributed by atoms with Crippen molar-refractivity contribution in [1.29, 1.82) is 5.26 Å². The minimum Gasteiger partial charge on any atom is -0.493 e. The molecule has 1 atom stereocenters. The summed E-state index contributed by atoms with van der Waals surface area (Å²) in [6.07, 6.45) is 11.6. The molecule has 1 heterocycles. The van der Waals surface area contributed by atoms with E-state index in [-0.39, 0.29) is 16.9 Å². The Bertz CT molecular complexity index is 912. The molecule has 1 aromatic rings. The summed E-state index contributed by atoms with van der Waals surface area (Å²) < 4.78 is 21.5. The second-order valence-corrected chi connectivity index (χ2v) is 11.1. The zero-order valence-electron chi connectivity index (χ0n) is 18.1. The van der Waals surface area contributed by atoms with Gasteiger partial charge in [0.2, 0.25) is 0 Å². The molecule has 0 aromatic heterocycles. The lowest BCUT2D eigenvalue weighted by Gasteiger charge is -2.56. The summed E-state index contributed by atoms with van der Waals surface area (Å²) in [4.78, 5) is 14.6. The summed E-state index contributed by atoms with van der Waals surface area (Å²) in [7, 11) is 0. The molecule has 1 aliphatic heterocycles. The van der Waals surface area contributed by atoms with Gasteiger partial charge in [-0.25, -0.2) is 4.39 Å². The molecule has 5 aliphatic carbocycles. The van der Waals surface area contributed by atoms with E-state index in [1.54, 1.807) is 6.07 Å². The number of likely N-dealkylation sites (tertiary alicyclic amines) is 1. The lowest BCUT2D eigenvalue weighted by molar-refractivity contribution is -0.0747. The fraction of sp³-hybridized carbons (Fsp3) is 0.692. The quantitative estimate of drug-likeness (QED) is 0.636. The van der Waals surface area contributed by atoms with Crippen molar-refractivity contribution in [3.05, 3.63) is 29.1 Å². The zero-order chi connectivity index (χ0) is 21.2. The third-order valence-corrected chi connectivity index (χ3v) is 8.71. The molecule has 6 aliphatic rings. The van der Waals surface area contributed by atoms with Crippen LogP contribution < -0.4 is 4.74 Å². The Hall–Kier alpha value is -2.09. The van der Waals surface area contributed by atoms with Gasteiger partial charge in [0.15, 0.2) is 0 Å². The monoisotopic (exact) mass is 422 g/mol. The lowest BCUT2D eigenvalue weighted by atomic mass is 9.50. The number of hydrogen-bond acceptors (Lipinski definition) is 3. The van der Waals surface area contributed by atoms with Crippen LogP contribution in [0.3, 0.4) is 0 Å². The van der Waals surface area contributed by atoms with Crippen molar-refractivity contribution in [2.24, 2.45) is 23.2 Å². The van der Waals surface area contributed by atoms with E-state index >= 15 is 4.39 Å². The van der Waals surface area contributed by atoms with Crippen LogP contribution in [0.5, 0.6) is 5.75 Å². The summed E-state index contributed by atoms with van der Waals surface area (Å²) in [5, 5.41) is 9.33. The first-order valence-electron chi connectivity index (χ1n) is 12.2. The van der Waals surface area contributed by atoms with E-state index in [1.807, 2.05) is 0 Å². The van der Waals surface area contributed by atoms with Gasteiger partial charge in [0.25, 0.3) is 5.91 Å². The molecule has 5 heteroatoms. The van der Waals surface area contributed by atoms with Gasteiger partial charge in [-0.2, -0.15) is 5.26 Å². The van der Waals surface area contributed by atoms with E-state index in [0.717, 1.165) is 42.6 Å². The van der Waals surface area contributed by atoms with Crippen molar-refractivity contribution >= 4 is 5.91 Å². The Kier molecular flexibility index (Phi) is 4.56. The molecule has 6 fully saturated rings. The highest BCUT2D eigenvalue weighted by molar-refractivity contribution is 5.95. The maximum atomic E-state index is 15.1. The number of carbonyl (C=O) groups is 1. The third kappa shape index (κ3) is 3.43. The van der Waals surface area contributed by atoms with Gasteiger partial charge in [0, 0.05) is 18.0 Å². The first kappa shape index (κ1) is 19.6. The van der Waals surface area contributed by atoms with Crippen molar-refractivity contribution in [2.45, 2.75) is 76.2 Å². The van der Waals surface area contributed by atoms with E-state index < -0.39 is 11.9 Å². The van der Waals surface area contributed by atoms with Crippen LogP contribution in [-0.4, -0.2) is 30.0 Å². The van der Waals surface area contributed by atoms with Gasteiger partial charge < -0.3 is 9.64 Å². The van der Waals surface area contributed by atoms with Gasteiger partial charge in [-0.3, -0.25) is 4.79 Å². The van der Waals surface area contributed by atoms with Crippen LogP contribution in [0.25, 0.3) is 0 Å². The maximum Gasteiger partial charge on any atom is 0.257 e. The average Bonchev–Trinajstić information content (AvgIpc) is 3.47. The summed E-state index contributed by atoms with van der Waals surface area (Å²) in [6, 6.07) is 4.94. The largest absolute Gasteiger partial charge is 0.493 e. The van der Waals surface area contributed by atoms with E-state index in [2.05, 4.69) is 6.07 Å². The van der Waals surface area contributed by atoms with Gasteiger partial charge in [-0.1, -0.05) is 0 Å². The fourth-order valence-corrected chi connectivity index (χ4v) is 7.57. The van der Waals surface area contributed by atoms with Crippen molar-refractivity contribution in [3.63, 3.8) is 0 Å². The van der Waals surface area contributed by atoms with Crippen molar-refractivity contribution in [3.8, 4) is 11.8 Å². The zero-order valence-corrected chi connectivity index (χ0v) is 18.1. The Labute approximate surface area is 183 Å². The van der Waals surface area contributed by atoms with Gasteiger partial charge in [0.1, 0.15) is 17.6 Å². The molecule has 1 unspecified atom stereocenters. The molecule has 0 spiro atoms. The summed E-state index contributed by atoms with van der Waals surface area (Å²) in [6.45, 7) is 1.21. The minimum atomic E-state index is -0.515. The lowest BCUT2D eigenvalue weighted by Crippen LogP contribution is -2.48. The van der Waals surface area contributed by atoms with E-state index in [4.69, 9.17) is 4.74 Å². The maximum absolute atomic E-state index is 15.1. The number of amides is 1. The molecule has 1 aromatic carbocycles. The molecule has 0 radical (unpaired) electrons. The van der Waals surface area contributed by atoms with Crippen LogP contribution in [0.15, 0.2) is 12.1 Å². The number of rotatable bonds is 5. The first-order valence-corrected chi connectivity index (χ1v) is 12.2. The number of nitrogens with zero attached hydrogens (tertiary/aromatic N) is 2. The fourth-order valence-electron chi connectivity index (χ4n) is 7.57. The topological polar surface area (TPSA) is 53.3 Å². The molecule has 7 rings (SSSR count). The number of carbonyl (C=O) groups excluding carboxylic acids is 1. The Morgan fingerprint density at radius 1 is 1.13 bits per heavy atom. The molecule has 4 nitrogen and oxygen atoms in total. The normalized spacial score (nSPS) is 35.9. The highest BCUT2D eigenvalue weighted by Crippen LogP contribution is 2.60. The molecule has 0 N–H and O–H groups in total. The predicted octanol–water partition coefficient (Wildman–Crippen LogP) is 5.43. The van der Waals surface area contributed by atoms with Crippen molar-refractivity contribution in [2.75, 3.05) is 13.2 Å². The van der Waals surface area contributed by atoms with Gasteiger partial charge >= 0.3 is 0 Å². The molecule has 1 saturated heterocycles. The van der Waals surface area contributed by atoms with Crippen LogP contribution >= 0.6 is 0 Å². The summed E-state index contributed by atoms with van der Waals surface area (Å²) in [5.74, 6) is 2.73. The molecular formula is C26H31FN2O2. The van der Waals surface area contributed by atoms with E-state index in [9.17, 15) is 10.1 Å². The van der Waals surface area contributed by atoms with Gasteiger partial charge in [0.05, 0.1) is 18.2 Å². The molecule has 4 bridgehead atoms. The highest BCUT2D eigenvalue weighted by atomic mass is 19.1. The first-order chi connectivity index (χ1) is 15.0. The van der Waals surface area contributed by atoms with Crippen LogP contribution in [0.1, 0.15) is 86.0 Å². The molecule has 164 valence electrons. The van der Waals surface area contributed by atoms with Gasteiger partial charge in [-0.15, -0.1) is 0 Å². The smallest absolute Gasteiger partial charge is 0.257 e. The molecule has 1 amide bonds. The Balaban J connectivity index is 1.24. The molecule has 31 heavy (non-hydrogen) atoms. The summed E-state index contributed by atoms with van der Waals surface area (Å²) >= 11 is 0.